The fraction of sp³-hybridized carbons (Fsp3) is 0.294. The van der Waals surface area contributed by atoms with Crippen molar-refractivity contribution >= 4 is 49.7 Å². The minimum atomic E-state index is -0.605. The van der Waals surface area contributed by atoms with E-state index in [0.717, 1.165) is 36.1 Å². The summed E-state index contributed by atoms with van der Waals surface area (Å²) in [5.74, 6) is -1.01. The Hall–Kier alpha value is -2.52. The van der Waals surface area contributed by atoms with Crippen LogP contribution in [-0.2, 0) is 24.2 Å². The lowest BCUT2D eigenvalue weighted by atomic mass is 9.97. The summed E-state index contributed by atoms with van der Waals surface area (Å²) in [4.78, 5) is 42.9. The minimum Gasteiger partial charge on any atom is -0.366 e. The molecule has 3 aromatic rings. The Morgan fingerprint density at radius 3 is 2.92 bits per heavy atom. The molecule has 0 bridgehead atoms. The van der Waals surface area contributed by atoms with Gasteiger partial charge < -0.3 is 11.1 Å². The van der Waals surface area contributed by atoms with Crippen molar-refractivity contribution in [1.29, 1.82) is 0 Å². The van der Waals surface area contributed by atoms with Gasteiger partial charge in [0.1, 0.15) is 16.4 Å². The van der Waals surface area contributed by atoms with Gasteiger partial charge in [0.05, 0.1) is 17.3 Å². The molecule has 0 spiro atoms. The van der Waals surface area contributed by atoms with E-state index < -0.39 is 11.8 Å². The van der Waals surface area contributed by atoms with E-state index >= 15 is 0 Å². The van der Waals surface area contributed by atoms with Gasteiger partial charge in [0.2, 0.25) is 5.91 Å². The Morgan fingerprint density at radius 1 is 1.31 bits per heavy atom. The molecule has 26 heavy (non-hydrogen) atoms. The number of aromatic nitrogens is 2. The lowest BCUT2D eigenvalue weighted by Crippen LogP contribution is -2.28. The molecule has 3 N–H and O–H groups in total. The quantitative estimate of drug-likeness (QED) is 0.714. The van der Waals surface area contributed by atoms with Gasteiger partial charge in [-0.05, 0) is 42.7 Å². The van der Waals surface area contributed by atoms with Gasteiger partial charge in [0, 0.05) is 4.88 Å². The van der Waals surface area contributed by atoms with Crippen LogP contribution in [0, 0.1) is 0 Å². The average Bonchev–Trinajstić information content (AvgIpc) is 3.21. The van der Waals surface area contributed by atoms with Crippen molar-refractivity contribution in [2.24, 2.45) is 5.73 Å². The third-order valence-electron chi connectivity index (χ3n) is 4.44. The number of rotatable bonds is 4. The number of primary amides is 1. The number of nitrogens with one attached hydrogen (secondary N) is 1. The Labute approximate surface area is 156 Å². The van der Waals surface area contributed by atoms with Gasteiger partial charge in [-0.2, -0.15) is 0 Å². The fourth-order valence-electron chi connectivity index (χ4n) is 3.21. The number of nitrogens with zero attached hydrogens (tertiary/aromatic N) is 2. The molecule has 9 heteroatoms. The van der Waals surface area contributed by atoms with Crippen molar-refractivity contribution < 1.29 is 9.59 Å². The monoisotopic (exact) mass is 388 g/mol. The molecule has 7 nitrogen and oxygen atoms in total. The summed E-state index contributed by atoms with van der Waals surface area (Å²) in [6, 6.07) is 1.56. The molecular formula is C17H16N4O3S2. The van der Waals surface area contributed by atoms with Gasteiger partial charge in [0.15, 0.2) is 0 Å². The molecule has 134 valence electrons. The number of carbonyl (C=O) groups is 2. The number of hydrogen-bond acceptors (Lipinski definition) is 6. The van der Waals surface area contributed by atoms with E-state index in [4.69, 9.17) is 5.73 Å². The molecule has 1 aliphatic carbocycles. The number of fused-ring (bicyclic) bond motifs is 3. The maximum Gasteiger partial charge on any atom is 0.262 e. The highest BCUT2D eigenvalue weighted by Gasteiger charge is 2.21. The standard InChI is InChI=1S/C17H16N4O3S2/c18-14(23)10-5-6-25-15(10)20-12(22)7-21-8-19-16-13(17(21)24)9-3-1-2-4-11(9)26-16/h5-6,8H,1-4,7H2,(H2,18,23)(H,20,22). The summed E-state index contributed by atoms with van der Waals surface area (Å²) in [6.07, 6.45) is 5.50. The zero-order valence-electron chi connectivity index (χ0n) is 13.8. The van der Waals surface area contributed by atoms with Crippen LogP contribution in [0.4, 0.5) is 5.00 Å². The van der Waals surface area contributed by atoms with Crippen LogP contribution in [0.3, 0.4) is 0 Å². The van der Waals surface area contributed by atoms with Gasteiger partial charge in [-0.1, -0.05) is 0 Å². The second kappa shape index (κ2) is 6.65. The molecule has 0 aliphatic heterocycles. The van der Waals surface area contributed by atoms with Crippen molar-refractivity contribution in [3.8, 4) is 0 Å². The molecule has 1 aliphatic rings. The van der Waals surface area contributed by atoms with Crippen molar-refractivity contribution in [2.45, 2.75) is 32.2 Å². The van der Waals surface area contributed by atoms with Gasteiger partial charge in [-0.25, -0.2) is 4.98 Å². The first-order chi connectivity index (χ1) is 12.5. The first-order valence-electron chi connectivity index (χ1n) is 8.21. The molecule has 0 fully saturated rings. The summed E-state index contributed by atoms with van der Waals surface area (Å²) in [5.41, 5.74) is 6.45. The van der Waals surface area contributed by atoms with Crippen LogP contribution in [0.5, 0.6) is 0 Å². The van der Waals surface area contributed by atoms with E-state index in [1.807, 2.05) is 0 Å². The van der Waals surface area contributed by atoms with E-state index in [9.17, 15) is 14.4 Å². The largest absolute Gasteiger partial charge is 0.366 e. The smallest absolute Gasteiger partial charge is 0.262 e. The normalized spacial score (nSPS) is 13.5. The van der Waals surface area contributed by atoms with Crippen molar-refractivity contribution in [3.05, 3.63) is 44.1 Å². The molecule has 0 atom stereocenters. The first-order valence-corrected chi connectivity index (χ1v) is 9.91. The molecule has 0 radical (unpaired) electrons. The molecule has 0 aromatic carbocycles. The first kappa shape index (κ1) is 16.9. The zero-order chi connectivity index (χ0) is 18.3. The molecule has 0 unspecified atom stereocenters. The molecule has 3 heterocycles. The van der Waals surface area contributed by atoms with Crippen LogP contribution in [-0.4, -0.2) is 21.4 Å². The summed E-state index contributed by atoms with van der Waals surface area (Å²) < 4.78 is 1.32. The second-order valence-electron chi connectivity index (χ2n) is 6.14. The predicted octanol–water partition coefficient (Wildman–Crippen LogP) is 2.14. The average molecular weight is 388 g/mol. The molecule has 4 rings (SSSR count). The summed E-state index contributed by atoms with van der Waals surface area (Å²) in [5, 5.41) is 5.35. The molecular weight excluding hydrogens is 372 g/mol. The highest BCUT2D eigenvalue weighted by atomic mass is 32.1. The van der Waals surface area contributed by atoms with Crippen LogP contribution in [0.15, 0.2) is 22.6 Å². The Kier molecular flexibility index (Phi) is 4.33. The molecule has 0 saturated carbocycles. The molecule has 2 amide bonds. The third kappa shape index (κ3) is 2.93. The number of carbonyl (C=O) groups excluding carboxylic acids is 2. The summed E-state index contributed by atoms with van der Waals surface area (Å²) >= 11 is 2.79. The lowest BCUT2D eigenvalue weighted by Gasteiger charge is -2.10. The molecule has 3 aromatic heterocycles. The summed E-state index contributed by atoms with van der Waals surface area (Å²) in [6.45, 7) is -0.164. The highest BCUT2D eigenvalue weighted by Crippen LogP contribution is 2.33. The van der Waals surface area contributed by atoms with Gasteiger partial charge in [0.25, 0.3) is 11.5 Å². The predicted molar refractivity (Wildman–Crippen MR) is 102 cm³/mol. The van der Waals surface area contributed by atoms with E-state index in [-0.39, 0.29) is 17.7 Å². The number of anilines is 1. The van der Waals surface area contributed by atoms with E-state index in [1.54, 1.807) is 22.8 Å². The molecule has 0 saturated heterocycles. The maximum absolute atomic E-state index is 12.9. The second-order valence-corrected chi connectivity index (χ2v) is 8.14. The topological polar surface area (TPSA) is 107 Å². The summed E-state index contributed by atoms with van der Waals surface area (Å²) in [7, 11) is 0. The van der Waals surface area contributed by atoms with Crippen molar-refractivity contribution in [2.75, 3.05) is 5.32 Å². The van der Waals surface area contributed by atoms with E-state index in [2.05, 4.69) is 10.3 Å². The van der Waals surface area contributed by atoms with E-state index in [0.29, 0.717) is 10.4 Å². The van der Waals surface area contributed by atoms with E-state index in [1.165, 1.54) is 27.1 Å². The van der Waals surface area contributed by atoms with Crippen molar-refractivity contribution in [3.63, 3.8) is 0 Å². The number of aryl methyl sites for hydroxylation is 2. The van der Waals surface area contributed by atoms with Gasteiger partial charge in [-0.3, -0.25) is 19.0 Å². The van der Waals surface area contributed by atoms with Crippen LogP contribution in [0.1, 0.15) is 33.6 Å². The minimum absolute atomic E-state index is 0.164. The number of thiophene rings is 2. The maximum atomic E-state index is 12.9. The highest BCUT2D eigenvalue weighted by molar-refractivity contribution is 7.18. The Balaban J connectivity index is 1.62. The van der Waals surface area contributed by atoms with Crippen LogP contribution >= 0.6 is 22.7 Å². The van der Waals surface area contributed by atoms with Gasteiger partial charge >= 0.3 is 0 Å². The van der Waals surface area contributed by atoms with Crippen LogP contribution in [0.25, 0.3) is 10.2 Å². The SMILES string of the molecule is NC(=O)c1ccsc1NC(=O)Cn1cnc2sc3c(c2c1=O)CCCC3. The number of hydrogen-bond donors (Lipinski definition) is 2. The number of nitrogens with two attached hydrogens (primary N) is 1. The van der Waals surface area contributed by atoms with Crippen LogP contribution < -0.4 is 16.6 Å². The van der Waals surface area contributed by atoms with Gasteiger partial charge in [-0.15, -0.1) is 22.7 Å². The van der Waals surface area contributed by atoms with Crippen molar-refractivity contribution in [1.82, 2.24) is 9.55 Å². The zero-order valence-corrected chi connectivity index (χ0v) is 15.4. The Bertz CT molecular complexity index is 1080. The number of amides is 2. The Morgan fingerprint density at radius 2 is 2.12 bits per heavy atom. The third-order valence-corrected chi connectivity index (χ3v) is 6.47. The fourth-order valence-corrected chi connectivity index (χ4v) is 5.24. The van der Waals surface area contributed by atoms with Crippen LogP contribution in [0.2, 0.25) is 0 Å². The lowest BCUT2D eigenvalue weighted by molar-refractivity contribution is -0.116.